The maximum Gasteiger partial charge on any atom is 0.534 e. The van der Waals surface area contributed by atoms with Gasteiger partial charge >= 0.3 is 21.6 Å². The molecule has 0 amide bonds. The van der Waals surface area contributed by atoms with E-state index < -0.39 is 33.4 Å². The molecule has 1 aromatic carbocycles. The summed E-state index contributed by atoms with van der Waals surface area (Å²) in [4.78, 5) is 20.7. The van der Waals surface area contributed by atoms with Gasteiger partial charge in [0.05, 0.1) is 7.11 Å². The molecule has 0 unspecified atom stereocenters. The third-order valence-corrected chi connectivity index (χ3v) is 3.75. The quantitative estimate of drug-likeness (QED) is 0.315. The summed E-state index contributed by atoms with van der Waals surface area (Å²) in [6.07, 6.45) is 0.0823. The number of rotatable bonds is 6. The zero-order valence-electron chi connectivity index (χ0n) is 15.6. The molecule has 0 spiro atoms. The van der Waals surface area contributed by atoms with E-state index in [1.807, 2.05) is 20.8 Å². The summed E-state index contributed by atoms with van der Waals surface area (Å²) in [5, 5.41) is 0. The molecule has 1 atom stereocenters. The van der Waals surface area contributed by atoms with E-state index in [2.05, 4.69) is 13.7 Å². The molecule has 0 aliphatic heterocycles. The number of esters is 1. The maximum atomic E-state index is 12.1. The molecule has 160 valence electrons. The molecule has 12 heteroatoms. The van der Waals surface area contributed by atoms with Crippen molar-refractivity contribution in [3.05, 3.63) is 29.8 Å². The van der Waals surface area contributed by atoms with Gasteiger partial charge in [0.2, 0.25) is 0 Å². The summed E-state index contributed by atoms with van der Waals surface area (Å²) >= 11 is 0. The molecule has 1 aromatic rings. The first-order valence-electron chi connectivity index (χ1n) is 7.67. The summed E-state index contributed by atoms with van der Waals surface area (Å²) in [6, 6.07) is 3.72. The van der Waals surface area contributed by atoms with Crippen molar-refractivity contribution in [3.63, 3.8) is 0 Å². The molecule has 1 rings (SSSR count). The molecule has 8 nitrogen and oxygen atoms in total. The van der Waals surface area contributed by atoms with Crippen LogP contribution in [0, 0.1) is 0 Å². The minimum atomic E-state index is -5.70. The van der Waals surface area contributed by atoms with E-state index in [-0.39, 0.29) is 12.0 Å². The van der Waals surface area contributed by atoms with Crippen LogP contribution in [0.4, 0.5) is 13.2 Å². The number of methoxy groups -OCH3 is 1. The molecule has 0 saturated carbocycles. The van der Waals surface area contributed by atoms with Gasteiger partial charge in [-0.05, 0) is 44.9 Å². The van der Waals surface area contributed by atoms with Gasteiger partial charge in [-0.25, -0.2) is 0 Å². The molecule has 2 N–H and O–H groups in total. The molecule has 28 heavy (non-hydrogen) atoms. The Hall–Kier alpha value is -2.34. The third kappa shape index (κ3) is 9.55. The summed E-state index contributed by atoms with van der Waals surface area (Å²) in [5.74, 6) is -1.14. The highest BCUT2D eigenvalue weighted by atomic mass is 32.2. The smallest absolute Gasteiger partial charge is 0.468 e. The van der Waals surface area contributed by atoms with Gasteiger partial charge in [-0.1, -0.05) is 12.1 Å². The van der Waals surface area contributed by atoms with Crippen molar-refractivity contribution >= 4 is 22.6 Å². The van der Waals surface area contributed by atoms with Crippen LogP contribution in [0.2, 0.25) is 0 Å². The van der Waals surface area contributed by atoms with Gasteiger partial charge in [-0.2, -0.15) is 21.6 Å². The van der Waals surface area contributed by atoms with Gasteiger partial charge in [-0.15, -0.1) is 0 Å². The van der Waals surface area contributed by atoms with Crippen molar-refractivity contribution in [2.75, 3.05) is 7.11 Å². The Morgan fingerprint density at radius 2 is 1.68 bits per heavy atom. The minimum Gasteiger partial charge on any atom is -0.468 e. The second-order valence-corrected chi connectivity index (χ2v) is 7.83. The fourth-order valence-electron chi connectivity index (χ4n) is 1.49. The molecule has 0 heterocycles. The Kier molecular flexibility index (Phi) is 9.41. The molecule has 0 bridgehead atoms. The summed E-state index contributed by atoms with van der Waals surface area (Å²) in [7, 11) is -4.54. The van der Waals surface area contributed by atoms with Crippen molar-refractivity contribution in [2.45, 2.75) is 44.3 Å². The lowest BCUT2D eigenvalue weighted by Crippen LogP contribution is -2.33. The fourth-order valence-corrected chi connectivity index (χ4v) is 1.95. The van der Waals surface area contributed by atoms with Crippen molar-refractivity contribution in [1.29, 1.82) is 0 Å². The molecular weight excluding hydrogens is 407 g/mol. The van der Waals surface area contributed by atoms with Crippen LogP contribution in [-0.4, -0.2) is 45.1 Å². The Labute approximate surface area is 160 Å². The highest BCUT2D eigenvalue weighted by Gasteiger charge is 2.48. The lowest BCUT2D eigenvalue weighted by Gasteiger charge is -2.14. The van der Waals surface area contributed by atoms with Crippen LogP contribution in [0.3, 0.4) is 0 Å². The van der Waals surface area contributed by atoms with Crippen molar-refractivity contribution in [2.24, 2.45) is 5.73 Å². The topological polar surface area (TPSA) is 122 Å². The van der Waals surface area contributed by atoms with Gasteiger partial charge in [-0.3, -0.25) is 9.59 Å². The van der Waals surface area contributed by atoms with Crippen LogP contribution in [0.25, 0.3) is 0 Å². The van der Waals surface area contributed by atoms with E-state index in [0.717, 1.165) is 12.1 Å². The Morgan fingerprint density at radius 1 is 1.18 bits per heavy atom. The van der Waals surface area contributed by atoms with Gasteiger partial charge in [0.25, 0.3) is 6.47 Å². The SMILES string of the molecule is CC(C)(C)OC=O.COC(=O)[C@@H](N)Cc1ccc(OS(=O)(=O)C(F)(F)F)cc1. The zero-order valence-corrected chi connectivity index (χ0v) is 16.5. The van der Waals surface area contributed by atoms with E-state index in [1.165, 1.54) is 19.2 Å². The van der Waals surface area contributed by atoms with E-state index in [1.54, 1.807) is 0 Å². The number of halogens is 3. The van der Waals surface area contributed by atoms with Crippen molar-refractivity contribution in [1.82, 2.24) is 0 Å². The van der Waals surface area contributed by atoms with Crippen LogP contribution in [0.5, 0.6) is 5.75 Å². The average molecular weight is 429 g/mol. The molecule has 0 aromatic heterocycles. The maximum absolute atomic E-state index is 12.1. The normalized spacial score (nSPS) is 12.9. The van der Waals surface area contributed by atoms with E-state index in [9.17, 15) is 31.2 Å². The Morgan fingerprint density at radius 3 is 2.00 bits per heavy atom. The van der Waals surface area contributed by atoms with Crippen molar-refractivity contribution < 1.29 is 44.8 Å². The number of carbonyl (C=O) groups excluding carboxylic acids is 2. The number of alkyl halides is 3. The van der Waals surface area contributed by atoms with Crippen LogP contribution in [0.15, 0.2) is 24.3 Å². The Bertz CT molecular complexity index is 741. The Balaban J connectivity index is 0.000000887. The molecule has 0 saturated heterocycles. The molecule has 0 aliphatic carbocycles. The number of nitrogens with two attached hydrogens (primary N) is 1. The van der Waals surface area contributed by atoms with Crippen LogP contribution in [-0.2, 0) is 35.6 Å². The summed E-state index contributed by atoms with van der Waals surface area (Å²) in [5.41, 5.74) is 0.192. The summed E-state index contributed by atoms with van der Waals surface area (Å²) in [6.45, 7) is 5.92. The van der Waals surface area contributed by atoms with E-state index >= 15 is 0 Å². The standard InChI is InChI=1S/C11H12F3NO5S.C5H10O2/c1-19-10(16)9(15)6-7-2-4-8(5-3-7)20-21(17,18)11(12,13)14;1-5(2,3)7-4-6/h2-5,9H,6,15H2,1H3;4H,1-3H3/t9-;/m0./s1. The number of benzene rings is 1. The number of hydrogen-bond acceptors (Lipinski definition) is 8. The van der Waals surface area contributed by atoms with E-state index in [4.69, 9.17) is 5.73 Å². The first-order chi connectivity index (χ1) is 12.6. The predicted molar refractivity (Wildman–Crippen MR) is 92.6 cm³/mol. The second kappa shape index (κ2) is 10.3. The molecule has 0 aliphatic rings. The second-order valence-electron chi connectivity index (χ2n) is 6.29. The van der Waals surface area contributed by atoms with Gasteiger partial charge in [0.15, 0.2) is 0 Å². The zero-order chi connectivity index (χ0) is 22.2. The molecule has 0 radical (unpaired) electrons. The highest BCUT2D eigenvalue weighted by molar-refractivity contribution is 7.88. The van der Waals surface area contributed by atoms with E-state index in [0.29, 0.717) is 12.0 Å². The minimum absolute atomic E-state index is 0.0823. The monoisotopic (exact) mass is 429 g/mol. The largest absolute Gasteiger partial charge is 0.534 e. The highest BCUT2D eigenvalue weighted by Crippen LogP contribution is 2.27. The van der Waals surface area contributed by atoms with Crippen LogP contribution >= 0.6 is 0 Å². The fraction of sp³-hybridized carbons (Fsp3) is 0.500. The van der Waals surface area contributed by atoms with Crippen molar-refractivity contribution in [3.8, 4) is 5.75 Å². The number of ether oxygens (including phenoxy) is 2. The first kappa shape index (κ1) is 25.7. The lowest BCUT2D eigenvalue weighted by atomic mass is 10.1. The van der Waals surface area contributed by atoms with Crippen LogP contribution in [0.1, 0.15) is 26.3 Å². The average Bonchev–Trinajstić information content (AvgIpc) is 2.54. The number of carbonyl (C=O) groups is 2. The third-order valence-electron chi connectivity index (χ3n) is 2.77. The van der Waals surface area contributed by atoms with Crippen LogP contribution < -0.4 is 9.92 Å². The van der Waals surface area contributed by atoms with Gasteiger partial charge in [0, 0.05) is 0 Å². The lowest BCUT2D eigenvalue weighted by molar-refractivity contribution is -0.142. The van der Waals surface area contributed by atoms with Gasteiger partial charge in [0.1, 0.15) is 17.4 Å². The first-order valence-corrected chi connectivity index (χ1v) is 9.08. The molecular formula is C16H22F3NO7S. The number of hydrogen-bond donors (Lipinski definition) is 1. The molecule has 0 fully saturated rings. The summed E-state index contributed by atoms with van der Waals surface area (Å²) < 4.78 is 70.8. The predicted octanol–water partition coefficient (Wildman–Crippen LogP) is 1.92. The van der Waals surface area contributed by atoms with Gasteiger partial charge < -0.3 is 19.4 Å².